The summed E-state index contributed by atoms with van der Waals surface area (Å²) in [6.45, 7) is 0.567. The Balaban J connectivity index is 0.000000186. The highest BCUT2D eigenvalue weighted by atomic mass is 79.9. The molecule has 4 aliphatic rings. The van der Waals surface area contributed by atoms with Crippen molar-refractivity contribution in [3.05, 3.63) is 140 Å². The number of esters is 2. The summed E-state index contributed by atoms with van der Waals surface area (Å²) in [6.07, 6.45) is 14.8. The van der Waals surface area contributed by atoms with Crippen molar-refractivity contribution < 1.29 is 23.8 Å². The van der Waals surface area contributed by atoms with Crippen molar-refractivity contribution in [1.29, 1.82) is 0 Å². The van der Waals surface area contributed by atoms with Gasteiger partial charge < -0.3 is 14.2 Å². The van der Waals surface area contributed by atoms with E-state index in [0.29, 0.717) is 29.6 Å². The van der Waals surface area contributed by atoms with Crippen molar-refractivity contribution in [2.75, 3.05) is 14.2 Å². The Labute approximate surface area is 322 Å². The third kappa shape index (κ3) is 8.38. The fourth-order valence-electron chi connectivity index (χ4n) is 8.79. The number of allylic oxidation sites excluding steroid dienone is 4. The molecule has 4 aromatic rings. The lowest BCUT2D eigenvalue weighted by atomic mass is 9.79. The van der Waals surface area contributed by atoms with E-state index in [9.17, 15) is 9.59 Å². The Kier molecular flexibility index (Phi) is 11.9. The Morgan fingerprint density at radius 3 is 1.72 bits per heavy atom. The van der Waals surface area contributed by atoms with Gasteiger partial charge in [-0.05, 0) is 130 Å². The first kappa shape index (κ1) is 36.9. The molecule has 2 fully saturated rings. The van der Waals surface area contributed by atoms with Crippen LogP contribution in [-0.4, -0.2) is 26.2 Å². The molecule has 2 saturated carbocycles. The van der Waals surface area contributed by atoms with Crippen LogP contribution in [0.2, 0.25) is 0 Å². The molecule has 0 bridgehead atoms. The maximum atomic E-state index is 12.1. The van der Waals surface area contributed by atoms with E-state index in [1.165, 1.54) is 127 Å². The lowest BCUT2D eigenvalue weighted by Gasteiger charge is -2.25. The van der Waals surface area contributed by atoms with Crippen LogP contribution in [0.4, 0.5) is 0 Å². The summed E-state index contributed by atoms with van der Waals surface area (Å²) in [6, 6.07) is 30.8. The number of hydrogen-bond donors (Lipinski definition) is 0. The standard InChI is InChI=1S/C30H30O3.C17H19BrO2/c1-32-30(31)24-14-17-27-25(18-24)19-28(29(27)23-10-6-3-7-11-23)22-12-15-26(16-13-22)33-20-21-8-4-2-5-9-21;1-20-17(19)12-7-8-14-13(9-12)10-15(18)16(14)11-5-3-2-4-6-11/h2,4-5,8-9,12-18,23H,3,6-7,10-11,19-20H2,1H3;7-9,11H,2-6,10H2,1H3. The molecule has 5 nitrogen and oxygen atoms in total. The minimum Gasteiger partial charge on any atom is -0.489 e. The number of methoxy groups -OCH3 is 2. The zero-order valence-electron chi connectivity index (χ0n) is 30.9. The second-order valence-corrected chi connectivity index (χ2v) is 15.7. The fourth-order valence-corrected chi connectivity index (χ4v) is 9.63. The molecule has 0 aromatic heterocycles. The number of ether oxygens (including phenoxy) is 3. The molecule has 0 spiro atoms. The molecule has 6 heteroatoms. The summed E-state index contributed by atoms with van der Waals surface area (Å²) < 4.78 is 17.1. The van der Waals surface area contributed by atoms with E-state index in [1.807, 2.05) is 42.5 Å². The molecule has 4 aliphatic carbocycles. The largest absolute Gasteiger partial charge is 0.489 e. The van der Waals surface area contributed by atoms with Crippen LogP contribution in [0.15, 0.2) is 95.5 Å². The fraction of sp³-hybridized carbons (Fsp3) is 0.362. The Morgan fingerprint density at radius 2 is 1.15 bits per heavy atom. The maximum Gasteiger partial charge on any atom is 0.337 e. The molecule has 8 rings (SSSR count). The van der Waals surface area contributed by atoms with Crippen LogP contribution in [0.3, 0.4) is 0 Å². The monoisotopic (exact) mass is 772 g/mol. The van der Waals surface area contributed by atoms with Gasteiger partial charge in [0.2, 0.25) is 0 Å². The highest BCUT2D eigenvalue weighted by Crippen LogP contribution is 2.48. The Morgan fingerprint density at radius 1 is 0.623 bits per heavy atom. The van der Waals surface area contributed by atoms with Crippen LogP contribution < -0.4 is 4.74 Å². The smallest absolute Gasteiger partial charge is 0.337 e. The molecule has 0 atom stereocenters. The van der Waals surface area contributed by atoms with Crippen molar-refractivity contribution in [3.8, 4) is 5.75 Å². The highest BCUT2D eigenvalue weighted by Gasteiger charge is 2.31. The van der Waals surface area contributed by atoms with Crippen LogP contribution in [-0.2, 0) is 28.9 Å². The number of benzene rings is 4. The lowest BCUT2D eigenvalue weighted by Crippen LogP contribution is -2.09. The average Bonchev–Trinajstić information content (AvgIpc) is 3.77. The molecular weight excluding hydrogens is 724 g/mol. The van der Waals surface area contributed by atoms with Crippen molar-refractivity contribution >= 4 is 44.6 Å². The van der Waals surface area contributed by atoms with Gasteiger partial charge in [-0.1, -0.05) is 109 Å². The average molecular weight is 774 g/mol. The van der Waals surface area contributed by atoms with Crippen molar-refractivity contribution in [1.82, 2.24) is 0 Å². The lowest BCUT2D eigenvalue weighted by molar-refractivity contribution is 0.0591. The van der Waals surface area contributed by atoms with Crippen LogP contribution in [0.1, 0.15) is 118 Å². The van der Waals surface area contributed by atoms with Gasteiger partial charge in [0, 0.05) is 10.9 Å². The third-order valence-electron chi connectivity index (χ3n) is 11.4. The van der Waals surface area contributed by atoms with Gasteiger partial charge in [0.05, 0.1) is 25.3 Å². The van der Waals surface area contributed by atoms with E-state index in [2.05, 4.69) is 64.5 Å². The third-order valence-corrected chi connectivity index (χ3v) is 12.1. The van der Waals surface area contributed by atoms with Gasteiger partial charge in [-0.3, -0.25) is 0 Å². The minimum absolute atomic E-state index is 0.255. The minimum atomic E-state index is -0.273. The SMILES string of the molecule is COC(=O)c1ccc2c(c1)CC(Br)=C2C1CCCCC1.COC(=O)c1ccc2c(c1)CC(c1ccc(OCc3ccccc3)cc1)=C2C1CCCCC1. The second-order valence-electron chi connectivity index (χ2n) is 14.8. The molecular formula is C47H49BrO5. The van der Waals surface area contributed by atoms with Crippen molar-refractivity contribution in [2.24, 2.45) is 11.8 Å². The molecule has 0 aliphatic heterocycles. The summed E-state index contributed by atoms with van der Waals surface area (Å²) in [7, 11) is 2.87. The van der Waals surface area contributed by atoms with Crippen LogP contribution >= 0.6 is 15.9 Å². The number of carbonyl (C=O) groups excluding carboxylic acids is 2. The normalized spacial score (nSPS) is 17.1. The van der Waals surface area contributed by atoms with Crippen molar-refractivity contribution in [3.63, 3.8) is 0 Å². The van der Waals surface area contributed by atoms with E-state index >= 15 is 0 Å². The van der Waals surface area contributed by atoms with Gasteiger partial charge in [0.25, 0.3) is 0 Å². The molecule has 0 saturated heterocycles. The maximum absolute atomic E-state index is 12.1. The summed E-state index contributed by atoms with van der Waals surface area (Å²) in [4.78, 5) is 23.7. The molecule has 0 radical (unpaired) electrons. The van der Waals surface area contributed by atoms with Gasteiger partial charge >= 0.3 is 11.9 Å². The molecule has 0 amide bonds. The topological polar surface area (TPSA) is 61.8 Å². The van der Waals surface area contributed by atoms with Gasteiger partial charge in [-0.25, -0.2) is 9.59 Å². The van der Waals surface area contributed by atoms with Gasteiger partial charge in [-0.2, -0.15) is 0 Å². The zero-order valence-corrected chi connectivity index (χ0v) is 32.5. The summed E-state index contributed by atoms with van der Waals surface area (Å²) in [5.74, 6) is 1.63. The summed E-state index contributed by atoms with van der Waals surface area (Å²) >= 11 is 3.76. The summed E-state index contributed by atoms with van der Waals surface area (Å²) in [5, 5.41) is 0. The first-order chi connectivity index (χ1) is 25.9. The molecule has 274 valence electrons. The molecule has 4 aromatic carbocycles. The second kappa shape index (κ2) is 17.2. The Hall–Kier alpha value is -4.42. The number of hydrogen-bond acceptors (Lipinski definition) is 5. The molecule has 0 heterocycles. The van der Waals surface area contributed by atoms with E-state index < -0.39 is 0 Å². The van der Waals surface area contributed by atoms with Crippen LogP contribution in [0.5, 0.6) is 5.75 Å². The number of fused-ring (bicyclic) bond motifs is 2. The quantitative estimate of drug-likeness (QED) is 0.167. The van der Waals surface area contributed by atoms with Crippen LogP contribution in [0.25, 0.3) is 16.7 Å². The van der Waals surface area contributed by atoms with E-state index in [-0.39, 0.29) is 11.9 Å². The number of carbonyl (C=O) groups is 2. The molecule has 53 heavy (non-hydrogen) atoms. The predicted molar refractivity (Wildman–Crippen MR) is 216 cm³/mol. The first-order valence-corrected chi connectivity index (χ1v) is 20.0. The van der Waals surface area contributed by atoms with Gasteiger partial charge in [0.1, 0.15) is 12.4 Å². The van der Waals surface area contributed by atoms with Gasteiger partial charge in [0.15, 0.2) is 0 Å². The van der Waals surface area contributed by atoms with E-state index in [0.717, 1.165) is 24.2 Å². The number of halogens is 1. The van der Waals surface area contributed by atoms with Crippen LogP contribution in [0, 0.1) is 11.8 Å². The number of rotatable bonds is 8. The van der Waals surface area contributed by atoms with E-state index in [4.69, 9.17) is 14.2 Å². The zero-order chi connectivity index (χ0) is 36.7. The first-order valence-electron chi connectivity index (χ1n) is 19.3. The predicted octanol–water partition coefficient (Wildman–Crippen LogP) is 11.8. The molecule has 0 N–H and O–H groups in total. The van der Waals surface area contributed by atoms with E-state index in [1.54, 1.807) is 0 Å². The van der Waals surface area contributed by atoms with Gasteiger partial charge in [-0.15, -0.1) is 0 Å². The Bertz CT molecular complexity index is 2000. The van der Waals surface area contributed by atoms with Crippen molar-refractivity contribution in [2.45, 2.75) is 83.7 Å². The molecule has 0 unspecified atom stereocenters. The highest BCUT2D eigenvalue weighted by molar-refractivity contribution is 9.11. The summed E-state index contributed by atoms with van der Waals surface area (Å²) in [5.41, 5.74) is 13.2.